The maximum Gasteiger partial charge on any atom is 0.266 e. The van der Waals surface area contributed by atoms with Gasteiger partial charge in [0.15, 0.2) is 10.8 Å². The third-order valence-electron chi connectivity index (χ3n) is 3.39. The highest BCUT2D eigenvalue weighted by Gasteiger charge is 2.29. The van der Waals surface area contributed by atoms with Gasteiger partial charge in [-0.15, -0.1) is 11.3 Å². The highest BCUT2D eigenvalue weighted by Crippen LogP contribution is 2.34. The number of benzene rings is 1. The molecule has 0 atom stereocenters. The Bertz CT molecular complexity index is 938. The Labute approximate surface area is 145 Å². The molecule has 0 radical (unpaired) electrons. The molecule has 1 saturated heterocycles. The molecule has 1 aliphatic heterocycles. The van der Waals surface area contributed by atoms with Crippen LogP contribution in [0, 0.1) is 0 Å². The fraction of sp³-hybridized carbons (Fsp3) is 0.0625. The van der Waals surface area contributed by atoms with E-state index in [-0.39, 0.29) is 5.91 Å². The highest BCUT2D eigenvalue weighted by molar-refractivity contribution is 8.26. The molecule has 23 heavy (non-hydrogen) atoms. The number of fused-ring (bicyclic) bond motifs is 1. The number of carbonyl (C=O) groups excluding carboxylic acids is 1. The Morgan fingerprint density at radius 1 is 1.26 bits per heavy atom. The van der Waals surface area contributed by atoms with Crippen molar-refractivity contribution in [2.24, 2.45) is 0 Å². The van der Waals surface area contributed by atoms with Crippen molar-refractivity contribution in [1.82, 2.24) is 9.88 Å². The fourth-order valence-corrected chi connectivity index (χ4v) is 4.28. The standard InChI is InChI=1S/C16H10N2O2S3/c1-18-15(19)13(23-16(18)21)8-9-6-7-11(20-9)14-17-10-4-2-3-5-12(10)22-14/h2-8H,1H3/b13-8-. The van der Waals surface area contributed by atoms with E-state index in [0.717, 1.165) is 15.2 Å². The van der Waals surface area contributed by atoms with E-state index in [1.54, 1.807) is 24.5 Å². The van der Waals surface area contributed by atoms with Crippen LogP contribution < -0.4 is 0 Å². The van der Waals surface area contributed by atoms with Crippen molar-refractivity contribution in [2.75, 3.05) is 7.05 Å². The maximum absolute atomic E-state index is 12.0. The van der Waals surface area contributed by atoms with Crippen LogP contribution in [0.5, 0.6) is 0 Å². The predicted octanol–water partition coefficient (Wildman–Crippen LogP) is 4.39. The van der Waals surface area contributed by atoms with Gasteiger partial charge in [0.05, 0.1) is 15.1 Å². The van der Waals surface area contributed by atoms with Crippen LogP contribution in [0.2, 0.25) is 0 Å². The van der Waals surface area contributed by atoms with E-state index < -0.39 is 0 Å². The number of carbonyl (C=O) groups is 1. The Balaban J connectivity index is 1.67. The summed E-state index contributed by atoms with van der Waals surface area (Å²) >= 11 is 7.98. The van der Waals surface area contributed by atoms with Crippen LogP contribution in [0.1, 0.15) is 5.76 Å². The van der Waals surface area contributed by atoms with E-state index in [0.29, 0.717) is 20.7 Å². The van der Waals surface area contributed by atoms with Gasteiger partial charge < -0.3 is 4.42 Å². The molecule has 1 fully saturated rings. The molecule has 0 aliphatic carbocycles. The summed E-state index contributed by atoms with van der Waals surface area (Å²) in [6, 6.07) is 11.7. The fourth-order valence-electron chi connectivity index (χ4n) is 2.20. The number of hydrogen-bond donors (Lipinski definition) is 0. The molecule has 1 aromatic carbocycles. The number of hydrogen-bond acceptors (Lipinski definition) is 6. The molecule has 4 rings (SSSR count). The van der Waals surface area contributed by atoms with E-state index in [2.05, 4.69) is 4.98 Å². The summed E-state index contributed by atoms with van der Waals surface area (Å²) in [7, 11) is 1.67. The number of para-hydroxylation sites is 1. The van der Waals surface area contributed by atoms with Gasteiger partial charge in [-0.25, -0.2) is 4.98 Å². The second kappa shape index (κ2) is 5.59. The van der Waals surface area contributed by atoms with Crippen LogP contribution in [-0.4, -0.2) is 27.2 Å². The lowest BCUT2D eigenvalue weighted by Crippen LogP contribution is -2.22. The number of furan rings is 1. The molecule has 114 valence electrons. The molecule has 0 unspecified atom stereocenters. The van der Waals surface area contributed by atoms with Gasteiger partial charge in [0.1, 0.15) is 10.1 Å². The van der Waals surface area contributed by atoms with Crippen LogP contribution in [0.3, 0.4) is 0 Å². The zero-order chi connectivity index (χ0) is 16.0. The van der Waals surface area contributed by atoms with Gasteiger partial charge in [-0.3, -0.25) is 9.69 Å². The largest absolute Gasteiger partial charge is 0.454 e. The van der Waals surface area contributed by atoms with Crippen molar-refractivity contribution in [2.45, 2.75) is 0 Å². The second-order valence-corrected chi connectivity index (χ2v) is 7.64. The summed E-state index contributed by atoms with van der Waals surface area (Å²) in [5, 5.41) is 0.828. The molecule has 1 amide bonds. The lowest BCUT2D eigenvalue weighted by atomic mass is 10.3. The number of nitrogens with zero attached hydrogens (tertiary/aromatic N) is 2. The molecular formula is C16H10N2O2S3. The molecule has 3 aromatic rings. The van der Waals surface area contributed by atoms with Gasteiger partial charge in [-0.2, -0.15) is 0 Å². The second-order valence-electron chi connectivity index (χ2n) is 4.93. The SMILES string of the molecule is CN1C(=O)/C(=C/c2ccc(-c3nc4ccccc4s3)o2)SC1=S. The van der Waals surface area contributed by atoms with E-state index in [1.165, 1.54) is 16.7 Å². The maximum atomic E-state index is 12.0. The Morgan fingerprint density at radius 3 is 2.83 bits per heavy atom. The summed E-state index contributed by atoms with van der Waals surface area (Å²) in [5.41, 5.74) is 0.956. The van der Waals surface area contributed by atoms with Gasteiger partial charge >= 0.3 is 0 Å². The van der Waals surface area contributed by atoms with Crippen molar-refractivity contribution >= 4 is 61.8 Å². The molecule has 3 heterocycles. The van der Waals surface area contributed by atoms with Crippen molar-refractivity contribution in [3.05, 3.63) is 47.1 Å². The van der Waals surface area contributed by atoms with E-state index in [4.69, 9.17) is 16.6 Å². The summed E-state index contributed by atoms with van der Waals surface area (Å²) < 4.78 is 7.50. The van der Waals surface area contributed by atoms with Crippen LogP contribution in [0.4, 0.5) is 0 Å². The number of rotatable bonds is 2. The van der Waals surface area contributed by atoms with Crippen molar-refractivity contribution in [1.29, 1.82) is 0 Å². The topological polar surface area (TPSA) is 46.3 Å². The Hall–Kier alpha value is -1.96. The molecular weight excluding hydrogens is 348 g/mol. The monoisotopic (exact) mass is 358 g/mol. The third kappa shape index (κ3) is 2.60. The molecule has 0 bridgehead atoms. The summed E-state index contributed by atoms with van der Waals surface area (Å²) in [4.78, 5) is 18.6. The Morgan fingerprint density at radius 2 is 2.09 bits per heavy atom. The molecule has 0 spiro atoms. The van der Waals surface area contributed by atoms with Gasteiger partial charge in [-0.1, -0.05) is 36.1 Å². The zero-order valence-electron chi connectivity index (χ0n) is 12.0. The third-order valence-corrected chi connectivity index (χ3v) is 5.93. The molecule has 1 aliphatic rings. The summed E-state index contributed by atoms with van der Waals surface area (Å²) in [5.74, 6) is 1.22. The normalized spacial score (nSPS) is 16.9. The number of likely N-dealkylation sites (N-methyl/N-ethyl adjacent to an activating group) is 1. The van der Waals surface area contributed by atoms with E-state index in [9.17, 15) is 4.79 Å². The van der Waals surface area contributed by atoms with Crippen molar-refractivity contribution in [3.8, 4) is 10.8 Å². The summed E-state index contributed by atoms with van der Waals surface area (Å²) in [6.45, 7) is 0. The minimum atomic E-state index is -0.0991. The lowest BCUT2D eigenvalue weighted by molar-refractivity contribution is -0.121. The van der Waals surface area contributed by atoms with E-state index in [1.807, 2.05) is 36.4 Å². The first-order valence-corrected chi connectivity index (χ1v) is 8.83. The highest BCUT2D eigenvalue weighted by atomic mass is 32.2. The molecule has 0 N–H and O–H groups in total. The Kier molecular flexibility index (Phi) is 3.56. The summed E-state index contributed by atoms with van der Waals surface area (Å²) in [6.07, 6.45) is 1.72. The predicted molar refractivity (Wildman–Crippen MR) is 98.3 cm³/mol. The van der Waals surface area contributed by atoms with Crippen molar-refractivity contribution < 1.29 is 9.21 Å². The molecule has 2 aromatic heterocycles. The van der Waals surface area contributed by atoms with Crippen molar-refractivity contribution in [3.63, 3.8) is 0 Å². The van der Waals surface area contributed by atoms with E-state index >= 15 is 0 Å². The molecule has 0 saturated carbocycles. The van der Waals surface area contributed by atoms with Gasteiger partial charge in [0.25, 0.3) is 5.91 Å². The number of thioether (sulfide) groups is 1. The van der Waals surface area contributed by atoms with Crippen LogP contribution in [0.15, 0.2) is 45.7 Å². The molecule has 4 nitrogen and oxygen atoms in total. The zero-order valence-corrected chi connectivity index (χ0v) is 14.4. The first-order valence-electron chi connectivity index (χ1n) is 6.79. The van der Waals surface area contributed by atoms with Gasteiger partial charge in [0.2, 0.25) is 0 Å². The lowest BCUT2D eigenvalue weighted by Gasteiger charge is -2.03. The number of aromatic nitrogens is 1. The van der Waals surface area contributed by atoms with Gasteiger partial charge in [-0.05, 0) is 24.3 Å². The first kappa shape index (κ1) is 14.6. The number of amides is 1. The average Bonchev–Trinajstić information content (AvgIpc) is 3.23. The van der Waals surface area contributed by atoms with Crippen LogP contribution in [-0.2, 0) is 4.79 Å². The molecule has 7 heteroatoms. The minimum Gasteiger partial charge on any atom is -0.454 e. The van der Waals surface area contributed by atoms with Gasteiger partial charge in [0, 0.05) is 13.1 Å². The average molecular weight is 358 g/mol. The van der Waals surface area contributed by atoms with Crippen LogP contribution >= 0.6 is 35.3 Å². The smallest absolute Gasteiger partial charge is 0.266 e. The quantitative estimate of drug-likeness (QED) is 0.502. The first-order chi connectivity index (χ1) is 11.1. The minimum absolute atomic E-state index is 0.0991. The van der Waals surface area contributed by atoms with Crippen LogP contribution in [0.25, 0.3) is 27.1 Å². The number of thiazole rings is 1. The number of thiocarbonyl (C=S) groups is 1.